The largest absolute Gasteiger partial charge is 0.346 e. The number of unbranched alkanes of at least 4 members (excludes halogenated alkanes) is 11. The Labute approximate surface area is 145 Å². The lowest BCUT2D eigenvalue weighted by Crippen LogP contribution is -2.17. The smallest absolute Gasteiger partial charge is 0.312 e. The number of anilines is 1. The average Bonchev–Trinajstić information content (AvgIpc) is 2.56. The normalized spacial score (nSPS) is 10.7. The highest BCUT2D eigenvalue weighted by Gasteiger charge is 2.02. The number of rotatable bonds is 14. The molecule has 1 heterocycles. The molecule has 0 atom stereocenters. The Bertz CT molecular complexity index is 499. The number of nitrogens with one attached hydrogen (secondary N) is 2. The molecule has 0 fully saturated rings. The van der Waals surface area contributed by atoms with Gasteiger partial charge in [0.05, 0.1) is 0 Å². The fourth-order valence-electron chi connectivity index (χ4n) is 2.78. The summed E-state index contributed by atoms with van der Waals surface area (Å²) in [6.07, 6.45) is 17.3. The van der Waals surface area contributed by atoms with Crippen LogP contribution >= 0.6 is 0 Å². The van der Waals surface area contributed by atoms with Crippen LogP contribution in [0.4, 0.5) is 5.82 Å². The molecule has 0 bridgehead atoms. The average molecular weight is 335 g/mol. The Kier molecular flexibility index (Phi) is 11.7. The van der Waals surface area contributed by atoms with Gasteiger partial charge >= 0.3 is 5.69 Å². The summed E-state index contributed by atoms with van der Waals surface area (Å²) in [4.78, 5) is 28.8. The van der Waals surface area contributed by atoms with Crippen LogP contribution in [-0.2, 0) is 4.79 Å². The van der Waals surface area contributed by atoms with E-state index in [1.165, 1.54) is 70.4 Å². The highest BCUT2D eigenvalue weighted by Crippen LogP contribution is 2.12. The molecule has 1 aromatic heterocycles. The van der Waals surface area contributed by atoms with E-state index >= 15 is 0 Å². The van der Waals surface area contributed by atoms with Gasteiger partial charge in [-0.05, 0) is 12.5 Å². The lowest BCUT2D eigenvalue weighted by Gasteiger charge is -2.05. The lowest BCUT2D eigenvalue weighted by atomic mass is 10.0. The Morgan fingerprint density at radius 1 is 0.958 bits per heavy atom. The van der Waals surface area contributed by atoms with Crippen LogP contribution in [0.1, 0.15) is 90.4 Å². The third-order valence-corrected chi connectivity index (χ3v) is 4.21. The molecule has 24 heavy (non-hydrogen) atoms. The van der Waals surface area contributed by atoms with Crippen LogP contribution in [0.2, 0.25) is 0 Å². The van der Waals surface area contributed by atoms with Crippen molar-refractivity contribution in [3.63, 3.8) is 0 Å². The number of aromatic nitrogens is 2. The summed E-state index contributed by atoms with van der Waals surface area (Å²) in [6, 6.07) is 1.58. The molecule has 0 saturated carbocycles. The zero-order chi connectivity index (χ0) is 17.5. The van der Waals surface area contributed by atoms with Gasteiger partial charge in [-0.2, -0.15) is 0 Å². The van der Waals surface area contributed by atoms with Crippen molar-refractivity contribution < 1.29 is 4.79 Å². The predicted octanol–water partition coefficient (Wildman–Crippen LogP) is 4.80. The minimum atomic E-state index is -0.446. The topological polar surface area (TPSA) is 74.8 Å². The van der Waals surface area contributed by atoms with Crippen molar-refractivity contribution in [1.29, 1.82) is 0 Å². The summed E-state index contributed by atoms with van der Waals surface area (Å²) in [5, 5.41) is 2.69. The van der Waals surface area contributed by atoms with Crippen molar-refractivity contribution in [3.8, 4) is 0 Å². The first-order valence-electron chi connectivity index (χ1n) is 9.57. The predicted molar refractivity (Wildman–Crippen MR) is 99.2 cm³/mol. The fraction of sp³-hybridized carbons (Fsp3) is 0.737. The van der Waals surface area contributed by atoms with Crippen LogP contribution < -0.4 is 11.0 Å². The summed E-state index contributed by atoms with van der Waals surface area (Å²) in [6.45, 7) is 2.25. The molecule has 0 spiro atoms. The summed E-state index contributed by atoms with van der Waals surface area (Å²) >= 11 is 0. The molecule has 5 nitrogen and oxygen atoms in total. The van der Waals surface area contributed by atoms with Crippen molar-refractivity contribution in [2.45, 2.75) is 90.4 Å². The molecule has 0 aliphatic carbocycles. The van der Waals surface area contributed by atoms with Gasteiger partial charge in [-0.15, -0.1) is 0 Å². The maximum atomic E-state index is 11.8. The van der Waals surface area contributed by atoms with Gasteiger partial charge in [-0.25, -0.2) is 9.78 Å². The molecule has 0 aliphatic rings. The van der Waals surface area contributed by atoms with Crippen molar-refractivity contribution in [2.24, 2.45) is 0 Å². The first kappa shape index (κ1) is 20.4. The standard InChI is InChI=1S/C19H33N3O2/c1-2-3-4-5-6-7-8-9-10-11-12-13-14-18(23)21-17-15-16-20-19(24)22-17/h15-16H,2-14H2,1H3,(H2,20,21,22,23,24). The van der Waals surface area contributed by atoms with Crippen molar-refractivity contribution in [3.05, 3.63) is 22.7 Å². The molecular weight excluding hydrogens is 302 g/mol. The van der Waals surface area contributed by atoms with Gasteiger partial charge in [0, 0.05) is 12.6 Å². The van der Waals surface area contributed by atoms with Crippen LogP contribution in [-0.4, -0.2) is 15.9 Å². The van der Waals surface area contributed by atoms with Gasteiger partial charge in [0.2, 0.25) is 5.91 Å². The van der Waals surface area contributed by atoms with Gasteiger partial charge in [-0.1, -0.05) is 77.6 Å². The molecule has 0 radical (unpaired) electrons. The number of carbonyl (C=O) groups excluding carboxylic acids is 1. The van der Waals surface area contributed by atoms with E-state index < -0.39 is 5.69 Å². The van der Waals surface area contributed by atoms with Crippen molar-refractivity contribution >= 4 is 11.7 Å². The molecule has 0 aliphatic heterocycles. The quantitative estimate of drug-likeness (QED) is 0.480. The fourth-order valence-corrected chi connectivity index (χ4v) is 2.78. The highest BCUT2D eigenvalue weighted by molar-refractivity contribution is 5.89. The molecule has 0 aromatic carbocycles. The monoisotopic (exact) mass is 335 g/mol. The van der Waals surface area contributed by atoms with E-state index in [9.17, 15) is 9.59 Å². The maximum Gasteiger partial charge on any atom is 0.346 e. The third kappa shape index (κ3) is 11.0. The summed E-state index contributed by atoms with van der Waals surface area (Å²) < 4.78 is 0. The second kappa shape index (κ2) is 13.8. The number of hydrogen-bond acceptors (Lipinski definition) is 3. The Morgan fingerprint density at radius 3 is 2.04 bits per heavy atom. The van der Waals surface area contributed by atoms with Crippen LogP contribution in [0.3, 0.4) is 0 Å². The minimum Gasteiger partial charge on any atom is -0.312 e. The zero-order valence-corrected chi connectivity index (χ0v) is 15.1. The number of H-pyrrole nitrogens is 1. The molecule has 136 valence electrons. The molecule has 0 saturated heterocycles. The van der Waals surface area contributed by atoms with Crippen LogP contribution in [0.25, 0.3) is 0 Å². The van der Waals surface area contributed by atoms with E-state index in [0.29, 0.717) is 12.2 Å². The Hall–Kier alpha value is -1.65. The molecular formula is C19H33N3O2. The minimum absolute atomic E-state index is 0.0519. The first-order chi connectivity index (χ1) is 11.7. The van der Waals surface area contributed by atoms with E-state index in [1.807, 2.05) is 0 Å². The van der Waals surface area contributed by atoms with Gasteiger partial charge in [0.25, 0.3) is 0 Å². The summed E-state index contributed by atoms with van der Waals surface area (Å²) in [7, 11) is 0. The molecule has 2 N–H and O–H groups in total. The second-order valence-corrected chi connectivity index (χ2v) is 6.48. The van der Waals surface area contributed by atoms with Gasteiger partial charge in [-0.3, -0.25) is 9.78 Å². The molecule has 0 unspecified atom stereocenters. The maximum absolute atomic E-state index is 11.8. The van der Waals surface area contributed by atoms with E-state index in [1.54, 1.807) is 6.07 Å². The number of hydrogen-bond donors (Lipinski definition) is 2. The number of aromatic amines is 1. The Balaban J connectivity index is 1.89. The van der Waals surface area contributed by atoms with Gasteiger partial charge < -0.3 is 5.32 Å². The van der Waals surface area contributed by atoms with Gasteiger partial charge in [0.1, 0.15) is 5.82 Å². The zero-order valence-electron chi connectivity index (χ0n) is 15.1. The van der Waals surface area contributed by atoms with Crippen molar-refractivity contribution in [2.75, 3.05) is 5.32 Å². The Morgan fingerprint density at radius 2 is 1.50 bits per heavy atom. The molecule has 5 heteroatoms. The highest BCUT2D eigenvalue weighted by atomic mass is 16.2. The van der Waals surface area contributed by atoms with E-state index in [0.717, 1.165) is 12.8 Å². The summed E-state index contributed by atoms with van der Waals surface area (Å²) in [5.74, 6) is 0.364. The third-order valence-electron chi connectivity index (χ3n) is 4.21. The SMILES string of the molecule is CCCCCCCCCCCCCCC(=O)Nc1ccnc(=O)[nH]1. The first-order valence-corrected chi connectivity index (χ1v) is 9.57. The summed E-state index contributed by atoms with van der Waals surface area (Å²) in [5.41, 5.74) is -0.446. The number of nitrogens with zero attached hydrogens (tertiary/aromatic N) is 1. The van der Waals surface area contributed by atoms with E-state index in [4.69, 9.17) is 0 Å². The number of amides is 1. The lowest BCUT2D eigenvalue weighted by molar-refractivity contribution is -0.116. The van der Waals surface area contributed by atoms with Crippen molar-refractivity contribution in [1.82, 2.24) is 9.97 Å². The molecule has 1 rings (SSSR count). The van der Waals surface area contributed by atoms with Gasteiger partial charge in [0.15, 0.2) is 0 Å². The second-order valence-electron chi connectivity index (χ2n) is 6.48. The van der Waals surface area contributed by atoms with Crippen LogP contribution in [0.15, 0.2) is 17.1 Å². The van der Waals surface area contributed by atoms with Crippen LogP contribution in [0.5, 0.6) is 0 Å². The van der Waals surface area contributed by atoms with E-state index in [2.05, 4.69) is 22.2 Å². The van der Waals surface area contributed by atoms with Crippen LogP contribution in [0, 0.1) is 0 Å². The molecule has 1 amide bonds. The van der Waals surface area contributed by atoms with E-state index in [-0.39, 0.29) is 5.91 Å². The number of carbonyl (C=O) groups is 1. The molecule has 1 aromatic rings.